The van der Waals surface area contributed by atoms with E-state index in [1.54, 1.807) is 7.11 Å². The van der Waals surface area contributed by atoms with Crippen LogP contribution in [0.4, 0.5) is 0 Å². The Labute approximate surface area is 123 Å². The average Bonchev–Trinajstić information content (AvgIpc) is 2.41. The molecule has 0 aromatic heterocycles. The number of ether oxygens (including phenoxy) is 1. The Morgan fingerprint density at radius 1 is 1.45 bits per heavy atom. The monoisotopic (exact) mass is 285 g/mol. The maximum absolute atomic E-state index is 12.0. The zero-order chi connectivity index (χ0) is 14.8. The van der Waals surface area contributed by atoms with Crippen LogP contribution >= 0.6 is 0 Å². The van der Waals surface area contributed by atoms with Gasteiger partial charge in [0.2, 0.25) is 5.91 Å². The Hall–Kier alpha value is -0.650. The van der Waals surface area contributed by atoms with Crippen LogP contribution in [-0.2, 0) is 9.53 Å². The van der Waals surface area contributed by atoms with E-state index in [1.807, 2.05) is 6.92 Å². The summed E-state index contributed by atoms with van der Waals surface area (Å²) in [5.41, 5.74) is 0. The lowest BCUT2D eigenvalue weighted by molar-refractivity contribution is -0.124. The number of hydrogen-bond acceptors (Lipinski definition) is 4. The molecular weight excluding hydrogens is 254 g/mol. The van der Waals surface area contributed by atoms with E-state index in [2.05, 4.69) is 22.5 Å². The molecule has 118 valence electrons. The van der Waals surface area contributed by atoms with E-state index in [4.69, 9.17) is 4.74 Å². The molecule has 1 fully saturated rings. The van der Waals surface area contributed by atoms with Crippen molar-refractivity contribution in [2.24, 2.45) is 0 Å². The van der Waals surface area contributed by atoms with Crippen LogP contribution < -0.4 is 10.6 Å². The Bertz CT molecular complexity index is 274. The first-order valence-electron chi connectivity index (χ1n) is 7.90. The predicted octanol–water partition coefficient (Wildman–Crippen LogP) is 0.992. The number of carbonyl (C=O) groups is 1. The van der Waals surface area contributed by atoms with Crippen LogP contribution in [0.25, 0.3) is 0 Å². The smallest absolute Gasteiger partial charge is 0.234 e. The normalized spacial score (nSPS) is 21.6. The third kappa shape index (κ3) is 6.68. The Kier molecular flexibility index (Phi) is 8.82. The summed E-state index contributed by atoms with van der Waals surface area (Å²) in [4.78, 5) is 14.4. The number of rotatable bonds is 9. The summed E-state index contributed by atoms with van der Waals surface area (Å²) in [6.07, 6.45) is 4.82. The number of piperidine rings is 1. The summed E-state index contributed by atoms with van der Waals surface area (Å²) in [5.74, 6) is 0.108. The highest BCUT2D eigenvalue weighted by Gasteiger charge is 2.24. The zero-order valence-electron chi connectivity index (χ0n) is 13.3. The van der Waals surface area contributed by atoms with Gasteiger partial charge in [0.1, 0.15) is 0 Å². The average molecular weight is 285 g/mol. The van der Waals surface area contributed by atoms with Crippen LogP contribution in [0.15, 0.2) is 0 Å². The van der Waals surface area contributed by atoms with E-state index >= 15 is 0 Å². The lowest BCUT2D eigenvalue weighted by Crippen LogP contribution is -2.50. The van der Waals surface area contributed by atoms with Gasteiger partial charge in [0, 0.05) is 25.7 Å². The number of methoxy groups -OCH3 is 1. The van der Waals surface area contributed by atoms with Gasteiger partial charge in [-0.25, -0.2) is 0 Å². The summed E-state index contributed by atoms with van der Waals surface area (Å²) in [6.45, 7) is 8.30. The molecule has 0 aromatic carbocycles. The molecule has 5 nitrogen and oxygen atoms in total. The minimum atomic E-state index is 0.0777. The summed E-state index contributed by atoms with van der Waals surface area (Å²) in [5, 5.41) is 6.47. The van der Waals surface area contributed by atoms with Crippen molar-refractivity contribution < 1.29 is 9.53 Å². The second kappa shape index (κ2) is 10.1. The van der Waals surface area contributed by atoms with Gasteiger partial charge in [-0.2, -0.15) is 0 Å². The van der Waals surface area contributed by atoms with Crippen LogP contribution in [0, 0.1) is 0 Å². The third-order valence-corrected chi connectivity index (χ3v) is 3.73. The Balaban J connectivity index is 2.35. The molecular formula is C15H31N3O2. The molecule has 2 unspecified atom stereocenters. The van der Waals surface area contributed by atoms with Crippen molar-refractivity contribution in [1.29, 1.82) is 0 Å². The molecule has 0 radical (unpaired) electrons. The van der Waals surface area contributed by atoms with Gasteiger partial charge < -0.3 is 15.4 Å². The molecule has 0 bridgehead atoms. The molecule has 1 heterocycles. The number of hydrogen-bond donors (Lipinski definition) is 2. The van der Waals surface area contributed by atoms with Gasteiger partial charge in [-0.1, -0.05) is 13.3 Å². The second-order valence-corrected chi connectivity index (χ2v) is 5.75. The maximum atomic E-state index is 12.0. The molecule has 1 rings (SSSR count). The van der Waals surface area contributed by atoms with Crippen molar-refractivity contribution in [1.82, 2.24) is 15.5 Å². The highest BCUT2D eigenvalue weighted by Crippen LogP contribution is 2.16. The quantitative estimate of drug-likeness (QED) is 0.620. The molecule has 2 atom stereocenters. The topological polar surface area (TPSA) is 53.6 Å². The van der Waals surface area contributed by atoms with E-state index in [0.29, 0.717) is 19.2 Å². The van der Waals surface area contributed by atoms with Gasteiger partial charge >= 0.3 is 0 Å². The van der Waals surface area contributed by atoms with Crippen molar-refractivity contribution in [2.45, 2.75) is 51.6 Å². The van der Waals surface area contributed by atoms with Crippen LogP contribution in [-0.4, -0.2) is 62.8 Å². The molecule has 1 amide bonds. The number of nitrogens with one attached hydrogen (secondary N) is 2. The fourth-order valence-electron chi connectivity index (χ4n) is 2.74. The molecule has 0 aromatic rings. The lowest BCUT2D eigenvalue weighted by atomic mass is 10.0. The molecule has 20 heavy (non-hydrogen) atoms. The standard InChI is InChI=1S/C15H31N3O2/c1-4-8-16-10-14-7-5-6-9-18(14)11-15(19)17-13(2)12-20-3/h13-14,16H,4-12H2,1-3H3,(H,17,19). The molecule has 2 N–H and O–H groups in total. The Morgan fingerprint density at radius 2 is 2.25 bits per heavy atom. The summed E-state index contributed by atoms with van der Waals surface area (Å²) in [6, 6.07) is 0.577. The van der Waals surface area contributed by atoms with E-state index in [9.17, 15) is 4.79 Å². The van der Waals surface area contributed by atoms with E-state index in [0.717, 1.165) is 26.1 Å². The first-order valence-corrected chi connectivity index (χ1v) is 7.90. The maximum Gasteiger partial charge on any atom is 0.234 e. The molecule has 1 aliphatic heterocycles. The van der Waals surface area contributed by atoms with Crippen molar-refractivity contribution in [2.75, 3.05) is 39.9 Å². The molecule has 5 heteroatoms. The first kappa shape index (κ1) is 17.4. The Morgan fingerprint density at radius 3 is 2.95 bits per heavy atom. The first-order chi connectivity index (χ1) is 9.67. The molecule has 0 aliphatic carbocycles. The highest BCUT2D eigenvalue weighted by molar-refractivity contribution is 5.78. The van der Waals surface area contributed by atoms with Gasteiger partial charge in [0.05, 0.1) is 13.2 Å². The largest absolute Gasteiger partial charge is 0.383 e. The van der Waals surface area contributed by atoms with E-state index < -0.39 is 0 Å². The molecule has 1 saturated heterocycles. The third-order valence-electron chi connectivity index (χ3n) is 3.73. The van der Waals surface area contributed by atoms with Gasteiger partial charge in [0.25, 0.3) is 0 Å². The minimum absolute atomic E-state index is 0.0777. The number of likely N-dealkylation sites (tertiary alicyclic amines) is 1. The van der Waals surface area contributed by atoms with Crippen molar-refractivity contribution >= 4 is 5.91 Å². The fourth-order valence-corrected chi connectivity index (χ4v) is 2.74. The van der Waals surface area contributed by atoms with Crippen molar-refractivity contribution in [3.63, 3.8) is 0 Å². The van der Waals surface area contributed by atoms with Gasteiger partial charge in [-0.05, 0) is 39.3 Å². The number of nitrogens with zero attached hydrogens (tertiary/aromatic N) is 1. The second-order valence-electron chi connectivity index (χ2n) is 5.75. The summed E-state index contributed by atoms with van der Waals surface area (Å²) >= 11 is 0. The zero-order valence-corrected chi connectivity index (χ0v) is 13.3. The fraction of sp³-hybridized carbons (Fsp3) is 0.933. The SMILES string of the molecule is CCCNCC1CCCCN1CC(=O)NC(C)COC. The van der Waals surface area contributed by atoms with Crippen LogP contribution in [0.1, 0.15) is 39.5 Å². The number of carbonyl (C=O) groups excluding carboxylic acids is 1. The molecule has 0 spiro atoms. The van der Waals surface area contributed by atoms with Gasteiger partial charge in [-0.3, -0.25) is 9.69 Å². The van der Waals surface area contributed by atoms with E-state index in [-0.39, 0.29) is 11.9 Å². The van der Waals surface area contributed by atoms with Crippen molar-refractivity contribution in [3.8, 4) is 0 Å². The molecule has 0 saturated carbocycles. The minimum Gasteiger partial charge on any atom is -0.383 e. The summed E-state index contributed by atoms with van der Waals surface area (Å²) < 4.78 is 5.04. The highest BCUT2D eigenvalue weighted by atomic mass is 16.5. The number of amides is 1. The van der Waals surface area contributed by atoms with E-state index in [1.165, 1.54) is 19.3 Å². The van der Waals surface area contributed by atoms with Gasteiger partial charge in [0.15, 0.2) is 0 Å². The lowest BCUT2D eigenvalue weighted by Gasteiger charge is -2.35. The van der Waals surface area contributed by atoms with Crippen LogP contribution in [0.3, 0.4) is 0 Å². The predicted molar refractivity (Wildman–Crippen MR) is 81.9 cm³/mol. The molecule has 1 aliphatic rings. The van der Waals surface area contributed by atoms with Crippen LogP contribution in [0.2, 0.25) is 0 Å². The van der Waals surface area contributed by atoms with Crippen molar-refractivity contribution in [3.05, 3.63) is 0 Å². The van der Waals surface area contributed by atoms with Gasteiger partial charge in [-0.15, -0.1) is 0 Å². The summed E-state index contributed by atoms with van der Waals surface area (Å²) in [7, 11) is 1.66. The van der Waals surface area contributed by atoms with Crippen LogP contribution in [0.5, 0.6) is 0 Å².